The molecule has 0 aliphatic carbocycles. The van der Waals surface area contributed by atoms with Crippen LogP contribution in [0.4, 0.5) is 41.2 Å². The van der Waals surface area contributed by atoms with Crippen LogP contribution >= 0.6 is 0 Å². The number of hydrogen-bond donors (Lipinski definition) is 1. The zero-order chi connectivity index (χ0) is 31.4. The van der Waals surface area contributed by atoms with E-state index in [4.69, 9.17) is 9.15 Å². The molecule has 1 saturated heterocycles. The first-order valence-electron chi connectivity index (χ1n) is 13.2. The molecule has 1 aliphatic rings. The maximum absolute atomic E-state index is 13.6. The molecule has 14 heteroatoms. The van der Waals surface area contributed by atoms with E-state index in [0.717, 1.165) is 4.90 Å². The van der Waals surface area contributed by atoms with Gasteiger partial charge in [0.15, 0.2) is 0 Å². The Morgan fingerprint density at radius 1 is 0.907 bits per heavy atom. The average Bonchev–Trinajstić information content (AvgIpc) is 3.59. The van der Waals surface area contributed by atoms with Crippen molar-refractivity contribution in [3.63, 3.8) is 0 Å². The average molecular weight is 616 g/mol. The molecule has 232 valence electrons. The summed E-state index contributed by atoms with van der Waals surface area (Å²) in [7, 11) is 0. The van der Waals surface area contributed by atoms with Crippen molar-refractivity contribution in [2.75, 3.05) is 25.0 Å². The van der Waals surface area contributed by atoms with E-state index in [0.29, 0.717) is 48.7 Å². The van der Waals surface area contributed by atoms with Gasteiger partial charge in [0, 0.05) is 25.4 Å². The highest BCUT2D eigenvalue weighted by atomic mass is 19.4. The number of ether oxygens (including phenoxy) is 1. The summed E-state index contributed by atoms with van der Waals surface area (Å²) in [4.78, 5) is 29.2. The van der Waals surface area contributed by atoms with E-state index < -0.39 is 59.6 Å². The molecular weight excluding hydrogens is 587 g/mol. The van der Waals surface area contributed by atoms with Gasteiger partial charge in [-0.2, -0.15) is 26.3 Å². The molecule has 3 aromatic rings. The molecule has 0 spiro atoms. The Balaban J connectivity index is 1.59. The monoisotopic (exact) mass is 615 g/mol. The standard InChI is InChI=1S/C29H28F7N3O4/c1-18-4-9-25(43-18)16-38(14-19-5-7-22(30)8-6-19)26(40)17-39(15-24-3-2-10-42-24)27(41)37-23-12-20(28(31,32)33)11-21(13-23)29(34,35)36/h4-9,11-13,24H,2-3,10,14-17H2,1H3,(H,37,41). The van der Waals surface area contributed by atoms with Gasteiger partial charge < -0.3 is 24.3 Å². The summed E-state index contributed by atoms with van der Waals surface area (Å²) in [5.74, 6) is -0.0767. The number of benzene rings is 2. The third-order valence-electron chi connectivity index (χ3n) is 6.68. The molecule has 4 rings (SSSR count). The van der Waals surface area contributed by atoms with Gasteiger partial charge in [0.1, 0.15) is 23.9 Å². The number of furan rings is 1. The van der Waals surface area contributed by atoms with Gasteiger partial charge in [-0.1, -0.05) is 12.1 Å². The van der Waals surface area contributed by atoms with Crippen LogP contribution in [-0.2, 0) is 35.0 Å². The number of nitrogens with zero attached hydrogens (tertiary/aromatic N) is 2. The maximum atomic E-state index is 13.6. The summed E-state index contributed by atoms with van der Waals surface area (Å²) in [5, 5.41) is 2.09. The van der Waals surface area contributed by atoms with Crippen molar-refractivity contribution in [3.05, 3.63) is 88.6 Å². The van der Waals surface area contributed by atoms with Crippen molar-refractivity contribution < 1.29 is 49.5 Å². The number of carbonyl (C=O) groups excluding carboxylic acids is 2. The number of alkyl halides is 6. The predicted molar refractivity (Wildman–Crippen MR) is 140 cm³/mol. The molecule has 0 bridgehead atoms. The molecule has 1 fully saturated rings. The Bertz CT molecular complexity index is 1380. The van der Waals surface area contributed by atoms with Crippen molar-refractivity contribution in [1.82, 2.24) is 9.80 Å². The van der Waals surface area contributed by atoms with Gasteiger partial charge in [0.05, 0.1) is 23.8 Å². The van der Waals surface area contributed by atoms with Crippen LogP contribution in [0, 0.1) is 12.7 Å². The van der Waals surface area contributed by atoms with Gasteiger partial charge in [-0.05, 0) is 67.8 Å². The molecular formula is C29H28F7N3O4. The van der Waals surface area contributed by atoms with E-state index in [9.17, 15) is 40.3 Å². The van der Waals surface area contributed by atoms with E-state index >= 15 is 0 Å². The summed E-state index contributed by atoms with van der Waals surface area (Å²) in [6.07, 6.45) is -9.52. The van der Waals surface area contributed by atoms with E-state index in [1.165, 1.54) is 29.2 Å². The van der Waals surface area contributed by atoms with Crippen LogP contribution in [-0.4, -0.2) is 47.5 Å². The topological polar surface area (TPSA) is 75.0 Å². The fourth-order valence-electron chi connectivity index (χ4n) is 4.55. The summed E-state index contributed by atoms with van der Waals surface area (Å²) in [6.45, 7) is 1.34. The molecule has 2 aromatic carbocycles. The Morgan fingerprint density at radius 2 is 1.56 bits per heavy atom. The molecule has 1 aromatic heterocycles. The number of urea groups is 1. The van der Waals surface area contributed by atoms with Crippen molar-refractivity contribution in [2.45, 2.75) is 51.3 Å². The SMILES string of the molecule is Cc1ccc(CN(Cc2ccc(F)cc2)C(=O)CN(CC2CCCO2)C(=O)Nc2cc(C(F)(F)F)cc(C(F)(F)F)c2)o1. The first kappa shape index (κ1) is 31.9. The minimum atomic E-state index is -5.11. The number of amides is 3. The first-order valence-corrected chi connectivity index (χ1v) is 13.2. The molecule has 1 atom stereocenters. The number of carbonyl (C=O) groups is 2. The number of nitrogens with one attached hydrogen (secondary N) is 1. The van der Waals surface area contributed by atoms with Gasteiger partial charge in [-0.25, -0.2) is 9.18 Å². The number of halogens is 7. The van der Waals surface area contributed by atoms with Crippen molar-refractivity contribution in [3.8, 4) is 0 Å². The molecule has 3 amide bonds. The molecule has 2 heterocycles. The number of anilines is 1. The van der Waals surface area contributed by atoms with Crippen molar-refractivity contribution in [1.29, 1.82) is 0 Å². The van der Waals surface area contributed by atoms with Gasteiger partial charge in [0.2, 0.25) is 5.91 Å². The van der Waals surface area contributed by atoms with E-state index in [2.05, 4.69) is 5.32 Å². The summed E-state index contributed by atoms with van der Waals surface area (Å²) in [5.41, 5.74) is -3.37. The number of aryl methyl sites for hydroxylation is 1. The Hall–Kier alpha value is -4.07. The van der Waals surface area contributed by atoms with E-state index in [1.807, 2.05) is 0 Å². The zero-order valence-corrected chi connectivity index (χ0v) is 22.9. The van der Waals surface area contributed by atoms with E-state index in [1.54, 1.807) is 19.1 Å². The number of hydrogen-bond acceptors (Lipinski definition) is 4. The van der Waals surface area contributed by atoms with Crippen LogP contribution in [0.3, 0.4) is 0 Å². The van der Waals surface area contributed by atoms with Crippen LogP contribution in [0.1, 0.15) is 41.1 Å². The second-order valence-corrected chi connectivity index (χ2v) is 10.1. The fourth-order valence-corrected chi connectivity index (χ4v) is 4.55. The normalized spacial score (nSPS) is 15.4. The maximum Gasteiger partial charge on any atom is 0.416 e. The molecule has 1 N–H and O–H groups in total. The molecule has 7 nitrogen and oxygen atoms in total. The molecule has 1 aliphatic heterocycles. The lowest BCUT2D eigenvalue weighted by Crippen LogP contribution is -2.46. The third-order valence-corrected chi connectivity index (χ3v) is 6.68. The summed E-state index contributed by atoms with van der Waals surface area (Å²) in [6, 6.07) is 8.38. The molecule has 0 saturated carbocycles. The van der Waals surface area contributed by atoms with Gasteiger partial charge in [0.25, 0.3) is 0 Å². The summed E-state index contributed by atoms with van der Waals surface area (Å²) >= 11 is 0. The Morgan fingerprint density at radius 3 is 2.09 bits per heavy atom. The quantitative estimate of drug-likeness (QED) is 0.263. The zero-order valence-electron chi connectivity index (χ0n) is 22.9. The Kier molecular flexibility index (Phi) is 9.68. The van der Waals surface area contributed by atoms with Crippen molar-refractivity contribution in [2.24, 2.45) is 0 Å². The molecule has 43 heavy (non-hydrogen) atoms. The van der Waals surface area contributed by atoms with Crippen LogP contribution in [0.15, 0.2) is 59.0 Å². The predicted octanol–water partition coefficient (Wildman–Crippen LogP) is 7.01. The minimum Gasteiger partial charge on any atom is -0.464 e. The minimum absolute atomic E-state index is 0.00316. The smallest absolute Gasteiger partial charge is 0.416 e. The largest absolute Gasteiger partial charge is 0.464 e. The summed E-state index contributed by atoms with van der Waals surface area (Å²) < 4.78 is 105. The van der Waals surface area contributed by atoms with Crippen molar-refractivity contribution >= 4 is 17.6 Å². The van der Waals surface area contributed by atoms with Gasteiger partial charge in [-0.15, -0.1) is 0 Å². The second kappa shape index (κ2) is 13.1. The lowest BCUT2D eigenvalue weighted by atomic mass is 10.1. The second-order valence-electron chi connectivity index (χ2n) is 10.1. The highest BCUT2D eigenvalue weighted by Gasteiger charge is 2.37. The van der Waals surface area contributed by atoms with Crippen LogP contribution in [0.5, 0.6) is 0 Å². The highest BCUT2D eigenvalue weighted by Crippen LogP contribution is 2.37. The Labute approximate surface area is 242 Å². The highest BCUT2D eigenvalue weighted by molar-refractivity contribution is 5.92. The third kappa shape index (κ3) is 8.96. The van der Waals surface area contributed by atoms with Gasteiger partial charge in [-0.3, -0.25) is 4.79 Å². The first-order chi connectivity index (χ1) is 20.2. The lowest BCUT2D eigenvalue weighted by Gasteiger charge is -2.29. The fraction of sp³-hybridized carbons (Fsp3) is 0.379. The van der Waals surface area contributed by atoms with Crippen LogP contribution in [0.25, 0.3) is 0 Å². The van der Waals surface area contributed by atoms with Crippen LogP contribution < -0.4 is 5.32 Å². The lowest BCUT2D eigenvalue weighted by molar-refractivity contribution is -0.143. The molecule has 0 radical (unpaired) electrons. The van der Waals surface area contributed by atoms with Crippen LogP contribution in [0.2, 0.25) is 0 Å². The number of rotatable bonds is 9. The van der Waals surface area contributed by atoms with E-state index in [-0.39, 0.29) is 25.7 Å². The van der Waals surface area contributed by atoms with Gasteiger partial charge >= 0.3 is 18.4 Å². The molecule has 1 unspecified atom stereocenters.